The lowest BCUT2D eigenvalue weighted by Gasteiger charge is -2.32. The van der Waals surface area contributed by atoms with E-state index >= 15 is 0 Å². The summed E-state index contributed by atoms with van der Waals surface area (Å²) >= 11 is 0. The van der Waals surface area contributed by atoms with Crippen molar-refractivity contribution in [3.05, 3.63) is 241 Å². The van der Waals surface area contributed by atoms with Crippen LogP contribution in [0.15, 0.2) is 223 Å². The van der Waals surface area contributed by atoms with Gasteiger partial charge in [-0.25, -0.2) is 15.0 Å². The Kier molecular flexibility index (Phi) is 7.75. The SMILES string of the molecule is c1ccc(-c2cccc(-c3nc(-c4ccc(-n5c6ccccc6c6ccccc65)cc4)nc(C4(c5cccc6oc7ccccc7c56)c5ccccc5-c5ccccc54)n3)c2)cc1. The molecule has 9 aromatic carbocycles. The predicted molar refractivity (Wildman–Crippen MR) is 255 cm³/mol. The summed E-state index contributed by atoms with van der Waals surface area (Å²) in [6.45, 7) is 0. The Labute approximate surface area is 363 Å². The second-order valence-corrected chi connectivity index (χ2v) is 16.3. The number of para-hydroxylation sites is 3. The maximum absolute atomic E-state index is 6.59. The fourth-order valence-corrected chi connectivity index (χ4v) is 10.2. The second kappa shape index (κ2) is 13.8. The van der Waals surface area contributed by atoms with Crippen LogP contribution in [0.25, 0.3) is 94.5 Å². The van der Waals surface area contributed by atoms with E-state index in [1.807, 2.05) is 18.2 Å². The first kappa shape index (κ1) is 35.4. The summed E-state index contributed by atoms with van der Waals surface area (Å²) in [4.78, 5) is 16.6. The topological polar surface area (TPSA) is 56.7 Å². The monoisotopic (exact) mass is 804 g/mol. The zero-order chi connectivity index (χ0) is 41.5. The minimum atomic E-state index is -0.939. The van der Waals surface area contributed by atoms with Gasteiger partial charge in [-0.3, -0.25) is 0 Å². The third kappa shape index (κ3) is 5.27. The molecule has 3 aromatic heterocycles. The molecule has 294 valence electrons. The highest BCUT2D eigenvalue weighted by Gasteiger charge is 2.50. The molecular formula is C58H36N4O. The average Bonchev–Trinajstić information content (AvgIpc) is 4.01. The average molecular weight is 805 g/mol. The lowest BCUT2D eigenvalue weighted by molar-refractivity contribution is 0.665. The number of benzene rings is 9. The van der Waals surface area contributed by atoms with E-state index in [0.717, 1.165) is 88.7 Å². The molecule has 0 fully saturated rings. The summed E-state index contributed by atoms with van der Waals surface area (Å²) in [6, 6.07) is 77.0. The van der Waals surface area contributed by atoms with Gasteiger partial charge in [-0.15, -0.1) is 0 Å². The van der Waals surface area contributed by atoms with Crippen LogP contribution >= 0.6 is 0 Å². The molecule has 0 aliphatic heterocycles. The molecule has 12 aromatic rings. The van der Waals surface area contributed by atoms with E-state index in [0.29, 0.717) is 17.5 Å². The molecule has 5 heteroatoms. The van der Waals surface area contributed by atoms with Gasteiger partial charge >= 0.3 is 0 Å². The molecule has 0 N–H and O–H groups in total. The summed E-state index contributed by atoms with van der Waals surface area (Å²) in [5, 5.41) is 4.55. The number of hydrogen-bond donors (Lipinski definition) is 0. The number of aromatic nitrogens is 4. The molecule has 1 aliphatic rings. The Bertz CT molecular complexity index is 3650. The molecular weight excluding hydrogens is 769 g/mol. The van der Waals surface area contributed by atoms with Gasteiger partial charge < -0.3 is 8.98 Å². The first-order valence-electron chi connectivity index (χ1n) is 21.4. The van der Waals surface area contributed by atoms with Crippen molar-refractivity contribution in [2.45, 2.75) is 5.41 Å². The summed E-state index contributed by atoms with van der Waals surface area (Å²) in [5.41, 5.74) is 13.7. The first-order chi connectivity index (χ1) is 31.2. The van der Waals surface area contributed by atoms with Crippen LogP contribution in [0, 0.1) is 0 Å². The smallest absolute Gasteiger partial charge is 0.163 e. The Morgan fingerprint density at radius 3 is 1.60 bits per heavy atom. The number of fused-ring (bicyclic) bond motifs is 9. The summed E-state index contributed by atoms with van der Waals surface area (Å²) in [6.07, 6.45) is 0. The van der Waals surface area contributed by atoms with Crippen molar-refractivity contribution in [1.29, 1.82) is 0 Å². The molecule has 3 heterocycles. The lowest BCUT2D eigenvalue weighted by atomic mass is 9.70. The van der Waals surface area contributed by atoms with Crippen molar-refractivity contribution < 1.29 is 4.42 Å². The van der Waals surface area contributed by atoms with Crippen LogP contribution in [0.5, 0.6) is 0 Å². The Morgan fingerprint density at radius 2 is 0.889 bits per heavy atom. The fourth-order valence-electron chi connectivity index (χ4n) is 10.2. The van der Waals surface area contributed by atoms with Crippen molar-refractivity contribution in [2.24, 2.45) is 0 Å². The van der Waals surface area contributed by atoms with Gasteiger partial charge in [-0.2, -0.15) is 0 Å². The molecule has 1 aliphatic carbocycles. The zero-order valence-electron chi connectivity index (χ0n) is 34.0. The highest BCUT2D eigenvalue weighted by molar-refractivity contribution is 6.10. The molecule has 0 spiro atoms. The van der Waals surface area contributed by atoms with Gasteiger partial charge in [0.1, 0.15) is 16.6 Å². The van der Waals surface area contributed by atoms with Crippen LogP contribution in [0.3, 0.4) is 0 Å². The molecule has 0 unspecified atom stereocenters. The molecule has 13 rings (SSSR count). The third-order valence-corrected chi connectivity index (χ3v) is 12.9. The second-order valence-electron chi connectivity index (χ2n) is 16.3. The predicted octanol–water partition coefficient (Wildman–Crippen LogP) is 14.2. The van der Waals surface area contributed by atoms with Crippen molar-refractivity contribution in [3.63, 3.8) is 0 Å². The van der Waals surface area contributed by atoms with Crippen LogP contribution in [0.1, 0.15) is 22.5 Å². The number of furan rings is 1. The maximum atomic E-state index is 6.59. The number of rotatable bonds is 6. The van der Waals surface area contributed by atoms with E-state index in [-0.39, 0.29) is 0 Å². The van der Waals surface area contributed by atoms with Crippen LogP contribution in [-0.4, -0.2) is 19.5 Å². The van der Waals surface area contributed by atoms with E-state index < -0.39 is 5.41 Å². The van der Waals surface area contributed by atoms with Crippen LogP contribution in [-0.2, 0) is 5.41 Å². The van der Waals surface area contributed by atoms with Gasteiger partial charge in [-0.05, 0) is 93.5 Å². The van der Waals surface area contributed by atoms with E-state index in [2.05, 4.69) is 205 Å². The fraction of sp³-hybridized carbons (Fsp3) is 0.0172. The van der Waals surface area contributed by atoms with E-state index in [1.165, 1.54) is 10.8 Å². The summed E-state index contributed by atoms with van der Waals surface area (Å²) in [5.74, 6) is 1.85. The summed E-state index contributed by atoms with van der Waals surface area (Å²) < 4.78 is 8.93. The molecule has 5 nitrogen and oxygen atoms in total. The standard InChI is InChI=1S/C58H36N4O/c1-2-16-37(17-3-1)39-18-14-19-40(36-39)56-59-55(38-32-34-41(35-33-38)62-50-28-11-6-22-44(50)45-23-7-12-29-51(45)62)60-57(61-56)58(47-25-9-4-20-42(47)43-21-5-10-26-48(43)58)49-27-15-31-53-54(49)46-24-8-13-30-52(46)63-53/h1-36H. The van der Waals surface area contributed by atoms with Crippen LogP contribution < -0.4 is 0 Å². The third-order valence-electron chi connectivity index (χ3n) is 12.9. The van der Waals surface area contributed by atoms with Gasteiger partial charge in [0.2, 0.25) is 0 Å². The Balaban J connectivity index is 1.10. The molecule has 0 saturated heterocycles. The normalized spacial score (nSPS) is 12.9. The van der Waals surface area contributed by atoms with E-state index in [9.17, 15) is 0 Å². The maximum Gasteiger partial charge on any atom is 0.163 e. The summed E-state index contributed by atoms with van der Waals surface area (Å²) in [7, 11) is 0. The van der Waals surface area contributed by atoms with Crippen LogP contribution in [0.4, 0.5) is 0 Å². The molecule has 0 saturated carbocycles. The van der Waals surface area contributed by atoms with Crippen molar-refractivity contribution in [1.82, 2.24) is 19.5 Å². The largest absolute Gasteiger partial charge is 0.456 e. The highest BCUT2D eigenvalue weighted by atomic mass is 16.3. The van der Waals surface area contributed by atoms with Gasteiger partial charge in [0.25, 0.3) is 0 Å². The first-order valence-corrected chi connectivity index (χ1v) is 21.4. The molecule has 0 radical (unpaired) electrons. The van der Waals surface area contributed by atoms with E-state index in [4.69, 9.17) is 19.4 Å². The minimum absolute atomic E-state index is 0.597. The number of hydrogen-bond acceptors (Lipinski definition) is 4. The van der Waals surface area contributed by atoms with Crippen molar-refractivity contribution in [2.75, 3.05) is 0 Å². The highest BCUT2D eigenvalue weighted by Crippen LogP contribution is 2.57. The van der Waals surface area contributed by atoms with Crippen molar-refractivity contribution >= 4 is 43.7 Å². The Morgan fingerprint density at radius 1 is 0.365 bits per heavy atom. The number of nitrogens with zero attached hydrogens (tertiary/aromatic N) is 4. The lowest BCUT2D eigenvalue weighted by Crippen LogP contribution is -2.32. The molecule has 0 amide bonds. The van der Waals surface area contributed by atoms with Gasteiger partial charge in [-0.1, -0.05) is 164 Å². The zero-order valence-corrected chi connectivity index (χ0v) is 34.0. The minimum Gasteiger partial charge on any atom is -0.456 e. The van der Waals surface area contributed by atoms with Crippen molar-refractivity contribution in [3.8, 4) is 50.7 Å². The molecule has 63 heavy (non-hydrogen) atoms. The van der Waals surface area contributed by atoms with Gasteiger partial charge in [0.15, 0.2) is 17.5 Å². The van der Waals surface area contributed by atoms with E-state index in [1.54, 1.807) is 0 Å². The molecule has 0 atom stereocenters. The van der Waals surface area contributed by atoms with Gasteiger partial charge in [0, 0.05) is 38.4 Å². The van der Waals surface area contributed by atoms with Crippen LogP contribution in [0.2, 0.25) is 0 Å². The molecule has 0 bridgehead atoms. The quantitative estimate of drug-likeness (QED) is 0.168. The Hall–Kier alpha value is -8.41. The van der Waals surface area contributed by atoms with Gasteiger partial charge in [0.05, 0.1) is 11.0 Å².